The van der Waals surface area contributed by atoms with Crippen LogP contribution in [-0.2, 0) is 4.79 Å². The molecule has 13 heavy (non-hydrogen) atoms. The van der Waals surface area contributed by atoms with E-state index in [9.17, 15) is 4.79 Å². The molecule has 0 radical (unpaired) electrons. The molecule has 2 rings (SSSR count). The number of carbonyl (C=O) groups excluding carboxylic acids is 1. The van der Waals surface area contributed by atoms with Gasteiger partial charge in [0.05, 0.1) is 5.69 Å². The molecule has 1 aliphatic rings. The molecule has 1 aliphatic heterocycles. The Morgan fingerprint density at radius 3 is 3.08 bits per heavy atom. The van der Waals surface area contributed by atoms with Gasteiger partial charge >= 0.3 is 0 Å². The van der Waals surface area contributed by atoms with Crippen LogP contribution < -0.4 is 10.1 Å². The van der Waals surface area contributed by atoms with Crippen molar-refractivity contribution in [1.29, 1.82) is 0 Å². The first-order chi connectivity index (χ1) is 6.27. The summed E-state index contributed by atoms with van der Waals surface area (Å²) in [4.78, 5) is 11.1. The zero-order valence-corrected chi connectivity index (χ0v) is 7.41. The number of benzene rings is 1. The fourth-order valence-corrected chi connectivity index (χ4v) is 1.33. The molecule has 1 atom stereocenters. The van der Waals surface area contributed by atoms with Gasteiger partial charge in [0.2, 0.25) is 0 Å². The molecule has 68 valence electrons. The summed E-state index contributed by atoms with van der Waals surface area (Å²) in [5, 5.41) is 3.12. The molecule has 1 N–H and O–H groups in total. The van der Waals surface area contributed by atoms with Crippen LogP contribution >= 0.6 is 0 Å². The number of nitrogens with one attached hydrogen (secondary N) is 1. The lowest BCUT2D eigenvalue weighted by Gasteiger charge is -2.25. The van der Waals surface area contributed by atoms with Gasteiger partial charge in [0.1, 0.15) is 18.4 Å². The molecule has 0 fully saturated rings. The van der Waals surface area contributed by atoms with E-state index < -0.39 is 0 Å². The van der Waals surface area contributed by atoms with Gasteiger partial charge < -0.3 is 10.1 Å². The summed E-state index contributed by atoms with van der Waals surface area (Å²) in [5.74, 6) is 0.925. The largest absolute Gasteiger partial charge is 0.489 e. The van der Waals surface area contributed by atoms with Gasteiger partial charge in [-0.3, -0.25) is 4.79 Å². The van der Waals surface area contributed by atoms with E-state index >= 15 is 0 Å². The summed E-state index contributed by atoms with van der Waals surface area (Å²) in [6, 6.07) is 7.42. The number of rotatable bonds is 1. The Kier molecular flexibility index (Phi) is 1.93. The van der Waals surface area contributed by atoms with E-state index in [1.54, 1.807) is 6.92 Å². The normalized spacial score (nSPS) is 19.6. The minimum Gasteiger partial charge on any atom is -0.489 e. The number of ketones is 1. The quantitative estimate of drug-likeness (QED) is 0.705. The van der Waals surface area contributed by atoms with Crippen molar-refractivity contribution in [2.24, 2.45) is 0 Å². The summed E-state index contributed by atoms with van der Waals surface area (Å²) in [5.41, 5.74) is 0.897. The van der Waals surface area contributed by atoms with Crippen molar-refractivity contribution in [3.8, 4) is 5.75 Å². The van der Waals surface area contributed by atoms with Crippen LogP contribution in [0.2, 0.25) is 0 Å². The van der Waals surface area contributed by atoms with Crippen molar-refractivity contribution in [3.63, 3.8) is 0 Å². The van der Waals surface area contributed by atoms with Gasteiger partial charge in [-0.25, -0.2) is 0 Å². The predicted molar refractivity (Wildman–Crippen MR) is 50.0 cm³/mol. The van der Waals surface area contributed by atoms with E-state index in [4.69, 9.17) is 4.74 Å². The van der Waals surface area contributed by atoms with Crippen molar-refractivity contribution < 1.29 is 9.53 Å². The second-order valence-electron chi connectivity index (χ2n) is 3.11. The van der Waals surface area contributed by atoms with Crippen molar-refractivity contribution in [2.75, 3.05) is 11.9 Å². The monoisotopic (exact) mass is 177 g/mol. The van der Waals surface area contributed by atoms with E-state index in [0.29, 0.717) is 6.61 Å². The Morgan fingerprint density at radius 2 is 2.31 bits per heavy atom. The predicted octanol–water partition coefficient (Wildman–Crippen LogP) is 1.45. The lowest BCUT2D eigenvalue weighted by molar-refractivity contribution is -0.118. The first-order valence-corrected chi connectivity index (χ1v) is 4.26. The molecule has 0 spiro atoms. The third kappa shape index (κ3) is 1.49. The first-order valence-electron chi connectivity index (χ1n) is 4.26. The average Bonchev–Trinajstić information content (AvgIpc) is 2.17. The molecule has 3 heteroatoms. The Balaban J connectivity index is 2.24. The number of hydrogen-bond donors (Lipinski definition) is 1. The Bertz CT molecular complexity index is 335. The zero-order chi connectivity index (χ0) is 9.26. The van der Waals surface area contributed by atoms with Crippen LogP contribution in [0.25, 0.3) is 0 Å². The highest BCUT2D eigenvalue weighted by Crippen LogP contribution is 2.27. The topological polar surface area (TPSA) is 38.3 Å². The molecule has 3 nitrogen and oxygen atoms in total. The van der Waals surface area contributed by atoms with Crippen molar-refractivity contribution in [1.82, 2.24) is 0 Å². The van der Waals surface area contributed by atoms with E-state index in [-0.39, 0.29) is 11.8 Å². The van der Waals surface area contributed by atoms with Crippen LogP contribution in [-0.4, -0.2) is 18.4 Å². The molecule has 0 saturated heterocycles. The Morgan fingerprint density at radius 1 is 1.54 bits per heavy atom. The highest BCUT2D eigenvalue weighted by atomic mass is 16.5. The highest BCUT2D eigenvalue weighted by Gasteiger charge is 2.21. The number of fused-ring (bicyclic) bond motifs is 1. The molecule has 1 aromatic carbocycles. The van der Waals surface area contributed by atoms with Crippen molar-refractivity contribution >= 4 is 11.5 Å². The molecule has 1 aromatic rings. The number of ether oxygens (including phenoxy) is 1. The molecule has 0 amide bonds. The van der Waals surface area contributed by atoms with Gasteiger partial charge in [0.15, 0.2) is 5.78 Å². The highest BCUT2D eigenvalue weighted by molar-refractivity contribution is 5.85. The summed E-state index contributed by atoms with van der Waals surface area (Å²) < 4.78 is 5.41. The molecule has 0 aromatic heterocycles. The van der Waals surface area contributed by atoms with Gasteiger partial charge in [-0.05, 0) is 19.1 Å². The summed E-state index contributed by atoms with van der Waals surface area (Å²) in [6.07, 6.45) is 0. The number of para-hydroxylation sites is 2. The van der Waals surface area contributed by atoms with Crippen LogP contribution in [0, 0.1) is 0 Å². The molecular formula is C10H11NO2. The smallest absolute Gasteiger partial charge is 0.155 e. The van der Waals surface area contributed by atoms with Gasteiger partial charge in [-0.2, -0.15) is 0 Å². The number of Topliss-reactive ketones (excluding diaryl/α,β-unsaturated/α-hetero) is 1. The van der Waals surface area contributed by atoms with Crippen molar-refractivity contribution in [2.45, 2.75) is 13.0 Å². The van der Waals surface area contributed by atoms with Crippen LogP contribution in [0.1, 0.15) is 6.92 Å². The lowest BCUT2D eigenvalue weighted by Crippen LogP contribution is -2.36. The standard InChI is InChI=1S/C10H11NO2/c1-7(12)9-6-13-10-5-3-2-4-8(10)11-9/h2-5,9,11H,6H2,1H3. The fourth-order valence-electron chi connectivity index (χ4n) is 1.33. The lowest BCUT2D eigenvalue weighted by atomic mass is 10.1. The Labute approximate surface area is 76.7 Å². The maximum absolute atomic E-state index is 11.1. The summed E-state index contributed by atoms with van der Waals surface area (Å²) in [7, 11) is 0. The second-order valence-corrected chi connectivity index (χ2v) is 3.11. The minimum absolute atomic E-state index is 0.106. The number of anilines is 1. The third-order valence-electron chi connectivity index (χ3n) is 2.11. The molecule has 0 saturated carbocycles. The number of carbonyl (C=O) groups is 1. The maximum Gasteiger partial charge on any atom is 0.155 e. The fraction of sp³-hybridized carbons (Fsp3) is 0.300. The van der Waals surface area contributed by atoms with Crippen LogP contribution in [0.15, 0.2) is 24.3 Å². The first kappa shape index (κ1) is 8.10. The molecule has 1 heterocycles. The summed E-state index contributed by atoms with van der Waals surface area (Å²) >= 11 is 0. The molecule has 1 unspecified atom stereocenters. The zero-order valence-electron chi connectivity index (χ0n) is 7.41. The van der Waals surface area contributed by atoms with Crippen LogP contribution in [0.4, 0.5) is 5.69 Å². The van der Waals surface area contributed by atoms with E-state index in [1.807, 2.05) is 24.3 Å². The van der Waals surface area contributed by atoms with Gasteiger partial charge in [-0.15, -0.1) is 0 Å². The summed E-state index contributed by atoms with van der Waals surface area (Å²) in [6.45, 7) is 1.99. The van der Waals surface area contributed by atoms with E-state index in [1.165, 1.54) is 0 Å². The second kappa shape index (κ2) is 3.09. The Hall–Kier alpha value is -1.51. The van der Waals surface area contributed by atoms with Crippen LogP contribution in [0.3, 0.4) is 0 Å². The van der Waals surface area contributed by atoms with Gasteiger partial charge in [-0.1, -0.05) is 12.1 Å². The van der Waals surface area contributed by atoms with E-state index in [2.05, 4.69) is 5.32 Å². The van der Waals surface area contributed by atoms with Crippen LogP contribution in [0.5, 0.6) is 5.75 Å². The molecule has 0 bridgehead atoms. The minimum atomic E-state index is -0.199. The maximum atomic E-state index is 11.1. The molecular weight excluding hydrogens is 166 g/mol. The third-order valence-corrected chi connectivity index (χ3v) is 2.11. The van der Waals surface area contributed by atoms with Gasteiger partial charge in [0.25, 0.3) is 0 Å². The van der Waals surface area contributed by atoms with Crippen molar-refractivity contribution in [3.05, 3.63) is 24.3 Å². The average molecular weight is 177 g/mol. The van der Waals surface area contributed by atoms with E-state index in [0.717, 1.165) is 11.4 Å². The van der Waals surface area contributed by atoms with Gasteiger partial charge in [0, 0.05) is 0 Å². The molecule has 0 aliphatic carbocycles. The SMILES string of the molecule is CC(=O)C1COc2ccccc2N1. The number of hydrogen-bond acceptors (Lipinski definition) is 3.